The molecule has 3 rings (SSSR count). The average Bonchev–Trinajstić information content (AvgIpc) is 2.74. The Kier molecular flexibility index (Phi) is 7.97. The van der Waals surface area contributed by atoms with Crippen LogP contribution in [0.2, 0.25) is 0 Å². The minimum absolute atomic E-state index is 0.184. The normalized spacial score (nSPS) is 20.9. The van der Waals surface area contributed by atoms with Gasteiger partial charge >= 0.3 is 12.1 Å². The number of carboxylic acids is 1. The molecule has 1 amide bonds. The average molecular weight is 424 g/mol. The fourth-order valence-electron chi connectivity index (χ4n) is 3.99. The van der Waals surface area contributed by atoms with Crippen molar-refractivity contribution in [2.75, 3.05) is 11.5 Å². The second-order valence-corrected chi connectivity index (χ2v) is 10.5. The van der Waals surface area contributed by atoms with Crippen molar-refractivity contribution in [1.29, 1.82) is 0 Å². The fourth-order valence-corrected chi connectivity index (χ4v) is 7.15. The number of aliphatic carboxylic acids is 1. The lowest BCUT2D eigenvalue weighted by atomic mass is 9.84. The highest BCUT2D eigenvalue weighted by molar-refractivity contribution is 8.20. The summed E-state index contributed by atoms with van der Waals surface area (Å²) in [6.07, 6.45) is 7.03. The van der Waals surface area contributed by atoms with Crippen molar-refractivity contribution in [3.8, 4) is 0 Å². The third kappa shape index (κ3) is 5.60. The summed E-state index contributed by atoms with van der Waals surface area (Å²) in [5.41, 5.74) is 0.913. The molecular weight excluding hydrogens is 394 g/mol. The zero-order chi connectivity index (χ0) is 19.8. The monoisotopic (exact) mass is 423 g/mol. The Morgan fingerprint density at radius 1 is 1.11 bits per heavy atom. The predicted molar refractivity (Wildman–Crippen MR) is 115 cm³/mol. The number of alkyl carbamates (subject to hydrolysis) is 1. The zero-order valence-electron chi connectivity index (χ0n) is 16.1. The van der Waals surface area contributed by atoms with E-state index < -0.39 is 22.2 Å². The quantitative estimate of drug-likeness (QED) is 0.649. The van der Waals surface area contributed by atoms with Gasteiger partial charge in [-0.25, -0.2) is 9.59 Å². The molecule has 0 spiro atoms. The Labute approximate surface area is 175 Å². The van der Waals surface area contributed by atoms with Crippen molar-refractivity contribution in [2.45, 2.75) is 61.7 Å². The van der Waals surface area contributed by atoms with Gasteiger partial charge in [-0.05, 0) is 35.8 Å². The summed E-state index contributed by atoms with van der Waals surface area (Å²) in [7, 11) is 0. The van der Waals surface area contributed by atoms with Gasteiger partial charge in [-0.15, -0.1) is 23.5 Å². The molecule has 1 saturated carbocycles. The van der Waals surface area contributed by atoms with Gasteiger partial charge in [0, 0.05) is 0 Å². The van der Waals surface area contributed by atoms with E-state index in [0.717, 1.165) is 36.3 Å². The van der Waals surface area contributed by atoms with Crippen LogP contribution in [-0.4, -0.2) is 38.8 Å². The van der Waals surface area contributed by atoms with Crippen LogP contribution in [0.15, 0.2) is 30.3 Å². The number of hydrogen-bond acceptors (Lipinski definition) is 5. The minimum atomic E-state index is -1.03. The smallest absolute Gasteiger partial charge is 0.407 e. The minimum Gasteiger partial charge on any atom is -0.480 e. The van der Waals surface area contributed by atoms with E-state index in [-0.39, 0.29) is 6.61 Å². The van der Waals surface area contributed by atoms with Crippen molar-refractivity contribution in [3.63, 3.8) is 0 Å². The van der Waals surface area contributed by atoms with E-state index in [1.165, 1.54) is 42.8 Å². The van der Waals surface area contributed by atoms with Gasteiger partial charge in [-0.3, -0.25) is 0 Å². The molecule has 2 fully saturated rings. The number of amides is 1. The predicted octanol–water partition coefficient (Wildman–Crippen LogP) is 4.90. The summed E-state index contributed by atoms with van der Waals surface area (Å²) in [4.78, 5) is 24.8. The van der Waals surface area contributed by atoms with E-state index in [1.54, 1.807) is 0 Å². The van der Waals surface area contributed by atoms with E-state index >= 15 is 0 Å². The van der Waals surface area contributed by atoms with E-state index in [4.69, 9.17) is 4.74 Å². The lowest BCUT2D eigenvalue weighted by Crippen LogP contribution is -2.55. The summed E-state index contributed by atoms with van der Waals surface area (Å²) in [6.45, 7) is 0.184. The number of nitrogens with one attached hydrogen (secondary N) is 1. The van der Waals surface area contributed by atoms with Gasteiger partial charge in [0.15, 0.2) is 4.08 Å². The molecule has 1 aromatic carbocycles. The summed E-state index contributed by atoms with van der Waals surface area (Å²) in [5, 5.41) is 13.0. The van der Waals surface area contributed by atoms with E-state index in [2.05, 4.69) is 5.32 Å². The Morgan fingerprint density at radius 2 is 1.79 bits per heavy atom. The Morgan fingerprint density at radius 3 is 2.43 bits per heavy atom. The molecule has 1 unspecified atom stereocenters. The van der Waals surface area contributed by atoms with Gasteiger partial charge in [0.1, 0.15) is 6.61 Å². The lowest BCUT2D eigenvalue weighted by Gasteiger charge is -2.40. The molecule has 1 aliphatic heterocycles. The topological polar surface area (TPSA) is 75.6 Å². The number of benzene rings is 1. The molecule has 1 aliphatic carbocycles. The molecule has 2 aliphatic rings. The molecule has 1 atom stereocenters. The highest BCUT2D eigenvalue weighted by atomic mass is 32.2. The van der Waals surface area contributed by atoms with Crippen molar-refractivity contribution in [1.82, 2.24) is 5.32 Å². The first kappa shape index (κ1) is 21.4. The first-order valence-corrected chi connectivity index (χ1v) is 12.1. The molecule has 5 nitrogen and oxygen atoms in total. The SMILES string of the molecule is O=C(NC(CC1CCCCC1)C1(C(=O)O)SCCCS1)OCc1ccccc1. The molecular formula is C21H29NO4S2. The third-order valence-corrected chi connectivity index (χ3v) is 8.95. The second-order valence-electron chi connectivity index (χ2n) is 7.52. The molecule has 1 aromatic rings. The first-order chi connectivity index (χ1) is 13.6. The third-order valence-electron chi connectivity index (χ3n) is 5.48. The fraction of sp³-hybridized carbons (Fsp3) is 0.619. The van der Waals surface area contributed by atoms with Gasteiger partial charge in [-0.2, -0.15) is 0 Å². The maximum absolute atomic E-state index is 12.5. The highest BCUT2D eigenvalue weighted by Crippen LogP contribution is 2.47. The van der Waals surface area contributed by atoms with Crippen LogP contribution < -0.4 is 5.32 Å². The number of thioether (sulfide) groups is 2. The van der Waals surface area contributed by atoms with Crippen LogP contribution in [0.4, 0.5) is 4.79 Å². The van der Waals surface area contributed by atoms with E-state index in [0.29, 0.717) is 12.3 Å². The van der Waals surface area contributed by atoms with Gasteiger partial charge < -0.3 is 15.2 Å². The molecule has 0 bridgehead atoms. The summed E-state index contributed by atoms with van der Waals surface area (Å²) >= 11 is 2.93. The maximum atomic E-state index is 12.5. The van der Waals surface area contributed by atoms with Crippen LogP contribution in [0.3, 0.4) is 0 Å². The van der Waals surface area contributed by atoms with Crippen LogP contribution in [0.5, 0.6) is 0 Å². The summed E-state index contributed by atoms with van der Waals surface area (Å²) in [5.74, 6) is 1.24. The number of hydrogen-bond donors (Lipinski definition) is 2. The van der Waals surface area contributed by atoms with Crippen molar-refractivity contribution >= 4 is 35.6 Å². The van der Waals surface area contributed by atoms with Crippen LogP contribution in [-0.2, 0) is 16.1 Å². The van der Waals surface area contributed by atoms with Gasteiger partial charge in [0.05, 0.1) is 6.04 Å². The second kappa shape index (κ2) is 10.4. The molecule has 154 valence electrons. The number of carboxylic acid groups (broad SMARTS) is 1. The van der Waals surface area contributed by atoms with Gasteiger partial charge in [-0.1, -0.05) is 62.4 Å². The molecule has 1 heterocycles. The Hall–Kier alpha value is -1.34. The standard InChI is InChI=1S/C21H29NO4S2/c23-19(24)21(27-12-7-13-28-21)18(14-16-8-3-1-4-9-16)22-20(25)26-15-17-10-5-2-6-11-17/h2,5-6,10-11,16,18H,1,3-4,7-9,12-15H2,(H,22,25)(H,23,24). The molecule has 7 heteroatoms. The molecule has 28 heavy (non-hydrogen) atoms. The molecule has 0 radical (unpaired) electrons. The first-order valence-electron chi connectivity index (χ1n) is 10.1. The Balaban J connectivity index is 1.69. The van der Waals surface area contributed by atoms with Crippen molar-refractivity contribution in [2.24, 2.45) is 5.92 Å². The van der Waals surface area contributed by atoms with Crippen molar-refractivity contribution in [3.05, 3.63) is 35.9 Å². The number of rotatable bonds is 7. The van der Waals surface area contributed by atoms with Gasteiger partial charge in [0.25, 0.3) is 0 Å². The maximum Gasteiger partial charge on any atom is 0.407 e. The van der Waals surface area contributed by atoms with Gasteiger partial charge in [0.2, 0.25) is 0 Å². The highest BCUT2D eigenvalue weighted by Gasteiger charge is 2.50. The summed E-state index contributed by atoms with van der Waals surface area (Å²) < 4.78 is 4.38. The zero-order valence-corrected chi connectivity index (χ0v) is 17.7. The van der Waals surface area contributed by atoms with E-state index in [1.807, 2.05) is 30.3 Å². The number of carbonyl (C=O) groups is 2. The van der Waals surface area contributed by atoms with Crippen molar-refractivity contribution < 1.29 is 19.4 Å². The van der Waals surface area contributed by atoms with Crippen LogP contribution in [0.1, 0.15) is 50.5 Å². The lowest BCUT2D eigenvalue weighted by molar-refractivity contribution is -0.138. The molecule has 1 saturated heterocycles. The van der Waals surface area contributed by atoms with Crippen LogP contribution >= 0.6 is 23.5 Å². The van der Waals surface area contributed by atoms with Crippen LogP contribution in [0.25, 0.3) is 0 Å². The number of carbonyl (C=O) groups excluding carboxylic acids is 1. The Bertz CT molecular complexity index is 643. The van der Waals surface area contributed by atoms with E-state index in [9.17, 15) is 14.7 Å². The number of ether oxygens (including phenoxy) is 1. The molecule has 0 aromatic heterocycles. The molecule has 2 N–H and O–H groups in total. The summed E-state index contributed by atoms with van der Waals surface area (Å²) in [6, 6.07) is 9.08. The van der Waals surface area contributed by atoms with Crippen LogP contribution in [0, 0.1) is 5.92 Å². The largest absolute Gasteiger partial charge is 0.480 e.